The summed E-state index contributed by atoms with van der Waals surface area (Å²) in [6, 6.07) is 13.0. The zero-order valence-corrected chi connectivity index (χ0v) is 17.5. The fraction of sp³-hybridized carbons (Fsp3) is 0.476. The Kier molecular flexibility index (Phi) is 6.46. The van der Waals surface area contributed by atoms with Crippen LogP contribution < -0.4 is 4.40 Å². The Morgan fingerprint density at radius 2 is 1.57 bits per heavy atom. The van der Waals surface area contributed by atoms with Crippen molar-refractivity contribution in [3.05, 3.63) is 48.2 Å². The molecule has 0 saturated heterocycles. The zero-order valence-electron chi connectivity index (χ0n) is 15.4. The van der Waals surface area contributed by atoms with Gasteiger partial charge in [0, 0.05) is 0 Å². The molecule has 0 bridgehead atoms. The third-order valence-electron chi connectivity index (χ3n) is 5.29. The van der Waals surface area contributed by atoms with E-state index in [0.717, 1.165) is 5.69 Å². The van der Waals surface area contributed by atoms with Crippen LogP contribution in [-0.2, 0) is 6.42 Å². The van der Waals surface area contributed by atoms with Crippen molar-refractivity contribution >= 4 is 17.7 Å². The second-order valence-electron chi connectivity index (χ2n) is 7.03. The predicted molar refractivity (Wildman–Crippen MR) is 105 cm³/mol. The van der Waals surface area contributed by atoms with Crippen LogP contribution in [0.25, 0.3) is 11.3 Å². The van der Waals surface area contributed by atoms with E-state index in [0.29, 0.717) is 5.92 Å². The third-order valence-corrected chi connectivity index (χ3v) is 17.2. The van der Waals surface area contributed by atoms with Gasteiger partial charge < -0.3 is 0 Å². The molecular formula is C21H31GeN. The van der Waals surface area contributed by atoms with Crippen LogP contribution in [0, 0.1) is 5.92 Å². The van der Waals surface area contributed by atoms with Crippen molar-refractivity contribution in [3.8, 4) is 11.3 Å². The molecule has 0 aliphatic heterocycles. The van der Waals surface area contributed by atoms with Crippen molar-refractivity contribution in [1.82, 2.24) is 4.98 Å². The molecule has 1 aromatic heterocycles. The summed E-state index contributed by atoms with van der Waals surface area (Å²) in [4.78, 5) is 4.87. The van der Waals surface area contributed by atoms with Crippen LogP contribution in [0.3, 0.4) is 0 Å². The van der Waals surface area contributed by atoms with Gasteiger partial charge in [0.05, 0.1) is 0 Å². The summed E-state index contributed by atoms with van der Waals surface area (Å²) in [5, 5.41) is 4.10. The molecule has 0 fully saturated rings. The predicted octanol–water partition coefficient (Wildman–Crippen LogP) is 5.66. The molecule has 124 valence electrons. The summed E-state index contributed by atoms with van der Waals surface area (Å²) in [5.74, 6) is 0.686. The number of nitrogens with zero attached hydrogens (tertiary/aromatic N) is 1. The molecule has 0 amide bonds. The van der Waals surface area contributed by atoms with Crippen LogP contribution in [0.2, 0.25) is 15.8 Å². The summed E-state index contributed by atoms with van der Waals surface area (Å²) in [6.45, 7) is 11.8. The summed E-state index contributed by atoms with van der Waals surface area (Å²) in [5.41, 5.74) is 3.93. The number of pyridine rings is 1. The second-order valence-corrected chi connectivity index (χ2v) is 18.0. The van der Waals surface area contributed by atoms with Gasteiger partial charge >= 0.3 is 145 Å². The van der Waals surface area contributed by atoms with Gasteiger partial charge in [0.1, 0.15) is 0 Å². The first-order chi connectivity index (χ1) is 11.1. The molecule has 2 rings (SSSR count). The van der Waals surface area contributed by atoms with Gasteiger partial charge in [-0.3, -0.25) is 0 Å². The maximum atomic E-state index is 4.87. The first-order valence-corrected chi connectivity index (χ1v) is 14.6. The van der Waals surface area contributed by atoms with E-state index in [4.69, 9.17) is 4.98 Å². The molecule has 0 saturated carbocycles. The number of hydrogen-bond acceptors (Lipinski definition) is 1. The summed E-state index contributed by atoms with van der Waals surface area (Å²) >= 11 is -1.97. The van der Waals surface area contributed by atoms with Crippen molar-refractivity contribution in [1.29, 1.82) is 0 Å². The quantitative estimate of drug-likeness (QED) is 0.573. The first-order valence-electron chi connectivity index (χ1n) is 9.11. The molecule has 0 N–H and O–H groups in total. The standard InChI is InChI=1S/C21H31GeN/c1-6-22(7-2,8-3)20-16-23-21(15-19(20)14-17(4)5)18-12-10-9-11-13-18/h9-13,15-17H,6-8,14H2,1-5H3. The van der Waals surface area contributed by atoms with E-state index in [1.807, 2.05) is 0 Å². The molecule has 1 nitrogen and oxygen atoms in total. The molecule has 0 aliphatic carbocycles. The van der Waals surface area contributed by atoms with E-state index in [1.54, 1.807) is 9.96 Å². The molecule has 1 heterocycles. The topological polar surface area (TPSA) is 12.9 Å². The number of rotatable bonds is 7. The van der Waals surface area contributed by atoms with E-state index in [2.05, 4.69) is 77.2 Å². The van der Waals surface area contributed by atoms with Crippen LogP contribution in [0.5, 0.6) is 0 Å². The van der Waals surface area contributed by atoms with E-state index < -0.39 is 13.3 Å². The molecular weight excluding hydrogens is 339 g/mol. The van der Waals surface area contributed by atoms with Crippen molar-refractivity contribution in [2.75, 3.05) is 0 Å². The van der Waals surface area contributed by atoms with Crippen molar-refractivity contribution in [2.45, 2.75) is 56.8 Å². The number of hydrogen-bond donors (Lipinski definition) is 0. The van der Waals surface area contributed by atoms with Crippen LogP contribution >= 0.6 is 0 Å². The SMILES string of the molecule is C[CH2][Ge]([CH2]C)([CH2]C)[c]1cnc(-c2ccccc2)cc1CC(C)C. The van der Waals surface area contributed by atoms with Crippen molar-refractivity contribution < 1.29 is 0 Å². The van der Waals surface area contributed by atoms with Gasteiger partial charge in [-0.15, -0.1) is 0 Å². The average Bonchev–Trinajstić information content (AvgIpc) is 2.58. The van der Waals surface area contributed by atoms with Gasteiger partial charge in [0.15, 0.2) is 0 Å². The van der Waals surface area contributed by atoms with Gasteiger partial charge in [-0.2, -0.15) is 0 Å². The van der Waals surface area contributed by atoms with Crippen molar-refractivity contribution in [3.63, 3.8) is 0 Å². The van der Waals surface area contributed by atoms with Gasteiger partial charge in [0.2, 0.25) is 0 Å². The summed E-state index contributed by atoms with van der Waals surface area (Å²) < 4.78 is 1.66. The number of benzene rings is 1. The molecule has 1 aromatic carbocycles. The fourth-order valence-corrected chi connectivity index (χ4v) is 11.7. The minimum atomic E-state index is -1.97. The van der Waals surface area contributed by atoms with Gasteiger partial charge in [-0.05, 0) is 0 Å². The fourth-order valence-electron chi connectivity index (χ4n) is 3.67. The molecule has 0 atom stereocenters. The Morgan fingerprint density at radius 1 is 0.957 bits per heavy atom. The first kappa shape index (κ1) is 18.3. The normalized spacial score (nSPS) is 11.9. The van der Waals surface area contributed by atoms with E-state index in [9.17, 15) is 0 Å². The zero-order chi connectivity index (χ0) is 16.9. The van der Waals surface area contributed by atoms with Crippen LogP contribution in [0.4, 0.5) is 0 Å². The molecule has 0 spiro atoms. The van der Waals surface area contributed by atoms with E-state index in [-0.39, 0.29) is 0 Å². The van der Waals surface area contributed by atoms with Crippen LogP contribution in [0.1, 0.15) is 40.2 Å². The monoisotopic (exact) mass is 371 g/mol. The molecule has 2 aromatic rings. The Morgan fingerprint density at radius 3 is 2.09 bits per heavy atom. The third kappa shape index (κ3) is 4.06. The van der Waals surface area contributed by atoms with Crippen LogP contribution in [0.15, 0.2) is 42.6 Å². The molecule has 0 unspecified atom stereocenters. The maximum absolute atomic E-state index is 4.87. The van der Waals surface area contributed by atoms with Crippen molar-refractivity contribution in [2.24, 2.45) is 5.92 Å². The van der Waals surface area contributed by atoms with E-state index >= 15 is 0 Å². The Labute approximate surface area is 144 Å². The summed E-state index contributed by atoms with van der Waals surface area (Å²) in [6.07, 6.45) is 3.42. The summed E-state index contributed by atoms with van der Waals surface area (Å²) in [7, 11) is 0. The second kappa shape index (κ2) is 8.14. The van der Waals surface area contributed by atoms with Crippen LogP contribution in [-0.4, -0.2) is 18.3 Å². The Balaban J connectivity index is 2.55. The van der Waals surface area contributed by atoms with Gasteiger partial charge in [0.25, 0.3) is 0 Å². The molecule has 0 radical (unpaired) electrons. The Hall–Kier alpha value is -1.09. The van der Waals surface area contributed by atoms with Gasteiger partial charge in [-0.25, -0.2) is 0 Å². The minimum absolute atomic E-state index is 0.686. The Bertz CT molecular complexity index is 607. The molecule has 0 aliphatic rings. The molecule has 2 heteroatoms. The van der Waals surface area contributed by atoms with Gasteiger partial charge in [-0.1, -0.05) is 0 Å². The molecule has 23 heavy (non-hydrogen) atoms. The van der Waals surface area contributed by atoms with E-state index in [1.165, 1.54) is 27.7 Å². The average molecular weight is 370 g/mol. The number of aromatic nitrogens is 1.